The summed E-state index contributed by atoms with van der Waals surface area (Å²) < 4.78 is 11.1. The summed E-state index contributed by atoms with van der Waals surface area (Å²) in [4.78, 5) is 16.9. The van der Waals surface area contributed by atoms with E-state index < -0.39 is 0 Å². The van der Waals surface area contributed by atoms with Crippen LogP contribution in [0.25, 0.3) is 0 Å². The van der Waals surface area contributed by atoms with Crippen molar-refractivity contribution in [2.75, 3.05) is 13.7 Å². The van der Waals surface area contributed by atoms with Crippen molar-refractivity contribution >= 4 is 17.2 Å². The number of nitrogens with zero attached hydrogens (tertiary/aromatic N) is 1. The van der Waals surface area contributed by atoms with Gasteiger partial charge in [-0.2, -0.15) is 0 Å². The van der Waals surface area contributed by atoms with Crippen molar-refractivity contribution in [3.05, 3.63) is 39.8 Å². The van der Waals surface area contributed by atoms with Crippen LogP contribution in [0.5, 0.6) is 11.5 Å². The van der Waals surface area contributed by atoms with Gasteiger partial charge in [-0.1, -0.05) is 27.7 Å². The highest BCUT2D eigenvalue weighted by atomic mass is 32.1. The number of hydrogen-bond acceptors (Lipinski definition) is 5. The standard InChI is InChI=1S/C20H28N2O3S/c1-13(2)8-9-25-17-7-6-15(10-18(17)24-5)19(23)21-11-16-12-26-20(22-16)14(3)4/h6-7,10,12-14H,8-9,11H2,1-5H3,(H,21,23). The van der Waals surface area contributed by atoms with Crippen LogP contribution in [0, 0.1) is 5.92 Å². The van der Waals surface area contributed by atoms with Crippen molar-refractivity contribution in [3.63, 3.8) is 0 Å². The molecule has 0 fully saturated rings. The third-order valence-corrected chi connectivity index (χ3v) is 5.07. The molecule has 1 aromatic heterocycles. The number of benzene rings is 1. The van der Waals surface area contributed by atoms with E-state index in [1.807, 2.05) is 5.38 Å². The van der Waals surface area contributed by atoms with Gasteiger partial charge in [0.2, 0.25) is 0 Å². The molecule has 1 amide bonds. The lowest BCUT2D eigenvalue weighted by Gasteiger charge is -2.13. The molecule has 0 aliphatic rings. The maximum atomic E-state index is 12.4. The Morgan fingerprint density at radius 2 is 2.00 bits per heavy atom. The Kier molecular flexibility index (Phi) is 7.45. The molecule has 0 aliphatic heterocycles. The highest BCUT2D eigenvalue weighted by Gasteiger charge is 2.12. The van der Waals surface area contributed by atoms with E-state index in [1.54, 1.807) is 36.6 Å². The highest BCUT2D eigenvalue weighted by Crippen LogP contribution is 2.28. The van der Waals surface area contributed by atoms with Crippen molar-refractivity contribution < 1.29 is 14.3 Å². The van der Waals surface area contributed by atoms with Crippen molar-refractivity contribution in [3.8, 4) is 11.5 Å². The Bertz CT molecular complexity index is 726. The zero-order valence-corrected chi connectivity index (χ0v) is 17.0. The van der Waals surface area contributed by atoms with E-state index >= 15 is 0 Å². The van der Waals surface area contributed by atoms with E-state index in [0.717, 1.165) is 17.1 Å². The Balaban J connectivity index is 1.97. The van der Waals surface area contributed by atoms with Crippen molar-refractivity contribution in [1.82, 2.24) is 10.3 Å². The molecule has 6 heteroatoms. The molecule has 0 bridgehead atoms. The van der Waals surface area contributed by atoms with Gasteiger partial charge >= 0.3 is 0 Å². The van der Waals surface area contributed by atoms with E-state index in [2.05, 4.69) is 38.0 Å². The molecule has 0 saturated heterocycles. The van der Waals surface area contributed by atoms with Gasteiger partial charge in [0.1, 0.15) is 0 Å². The fourth-order valence-corrected chi connectivity index (χ4v) is 3.11. The van der Waals surface area contributed by atoms with Crippen molar-refractivity contribution in [1.29, 1.82) is 0 Å². The number of ether oxygens (including phenoxy) is 2. The number of rotatable bonds is 9. The fraction of sp³-hybridized carbons (Fsp3) is 0.500. The average molecular weight is 377 g/mol. The lowest BCUT2D eigenvalue weighted by molar-refractivity contribution is 0.0950. The number of methoxy groups -OCH3 is 1. The number of nitrogens with one attached hydrogen (secondary N) is 1. The molecular weight excluding hydrogens is 348 g/mol. The summed E-state index contributed by atoms with van der Waals surface area (Å²) in [6.07, 6.45) is 0.970. The third kappa shape index (κ3) is 5.73. The maximum absolute atomic E-state index is 12.4. The minimum atomic E-state index is -0.156. The lowest BCUT2D eigenvalue weighted by atomic mass is 10.1. The molecule has 0 saturated carbocycles. The Morgan fingerprint density at radius 1 is 1.23 bits per heavy atom. The van der Waals surface area contributed by atoms with Gasteiger partial charge in [-0.3, -0.25) is 4.79 Å². The van der Waals surface area contributed by atoms with Crippen LogP contribution in [0.2, 0.25) is 0 Å². The van der Waals surface area contributed by atoms with E-state index in [-0.39, 0.29) is 5.91 Å². The highest BCUT2D eigenvalue weighted by molar-refractivity contribution is 7.09. The van der Waals surface area contributed by atoms with Crippen LogP contribution in [0.15, 0.2) is 23.6 Å². The molecule has 0 atom stereocenters. The average Bonchev–Trinajstić information content (AvgIpc) is 3.09. The number of amides is 1. The minimum Gasteiger partial charge on any atom is -0.493 e. The largest absolute Gasteiger partial charge is 0.493 e. The van der Waals surface area contributed by atoms with Crippen molar-refractivity contribution in [2.24, 2.45) is 5.92 Å². The van der Waals surface area contributed by atoms with E-state index in [9.17, 15) is 4.79 Å². The Morgan fingerprint density at radius 3 is 2.62 bits per heavy atom. The van der Waals surface area contributed by atoms with Gasteiger partial charge in [-0.25, -0.2) is 4.98 Å². The summed E-state index contributed by atoms with van der Waals surface area (Å²) in [5, 5.41) is 5.98. The van der Waals surface area contributed by atoms with Crippen LogP contribution >= 0.6 is 11.3 Å². The summed E-state index contributed by atoms with van der Waals surface area (Å²) >= 11 is 1.62. The first-order valence-electron chi connectivity index (χ1n) is 8.94. The second kappa shape index (κ2) is 9.57. The zero-order chi connectivity index (χ0) is 19.1. The number of carbonyl (C=O) groups is 1. The first-order chi connectivity index (χ1) is 12.4. The van der Waals surface area contributed by atoms with E-state index in [4.69, 9.17) is 9.47 Å². The van der Waals surface area contributed by atoms with Gasteiger partial charge in [0.25, 0.3) is 5.91 Å². The third-order valence-electron chi connectivity index (χ3n) is 3.87. The second-order valence-corrected chi connectivity index (χ2v) is 7.80. The van der Waals surface area contributed by atoms with Crippen LogP contribution in [-0.2, 0) is 6.54 Å². The molecule has 26 heavy (non-hydrogen) atoms. The molecule has 0 spiro atoms. The molecule has 0 radical (unpaired) electrons. The SMILES string of the molecule is COc1cc(C(=O)NCc2csc(C(C)C)n2)ccc1OCCC(C)C. The van der Waals surface area contributed by atoms with Crippen LogP contribution < -0.4 is 14.8 Å². The van der Waals surface area contributed by atoms with Gasteiger partial charge in [-0.05, 0) is 30.5 Å². The molecule has 142 valence electrons. The van der Waals surface area contributed by atoms with Crippen LogP contribution in [0.4, 0.5) is 0 Å². The van der Waals surface area contributed by atoms with Gasteiger partial charge in [0.15, 0.2) is 11.5 Å². The van der Waals surface area contributed by atoms with Crippen molar-refractivity contribution in [2.45, 2.75) is 46.6 Å². The van der Waals surface area contributed by atoms with E-state index in [0.29, 0.717) is 42.0 Å². The normalized spacial score (nSPS) is 11.0. The topological polar surface area (TPSA) is 60.5 Å². The second-order valence-electron chi connectivity index (χ2n) is 6.91. The van der Waals surface area contributed by atoms with Crippen LogP contribution in [0.1, 0.15) is 61.1 Å². The fourth-order valence-electron chi connectivity index (χ4n) is 2.27. The number of hydrogen-bond donors (Lipinski definition) is 1. The molecule has 5 nitrogen and oxygen atoms in total. The first kappa shape index (κ1) is 20.2. The summed E-state index contributed by atoms with van der Waals surface area (Å²) in [5.41, 5.74) is 1.42. The predicted molar refractivity (Wildman–Crippen MR) is 105 cm³/mol. The smallest absolute Gasteiger partial charge is 0.251 e. The quantitative estimate of drug-likeness (QED) is 0.693. The molecule has 1 N–H and O–H groups in total. The van der Waals surface area contributed by atoms with E-state index in [1.165, 1.54) is 0 Å². The van der Waals surface area contributed by atoms with Gasteiger partial charge in [0.05, 0.1) is 31.0 Å². The summed E-state index contributed by atoms with van der Waals surface area (Å²) in [7, 11) is 1.58. The minimum absolute atomic E-state index is 0.156. The monoisotopic (exact) mass is 376 g/mol. The molecule has 0 unspecified atom stereocenters. The molecular formula is C20H28N2O3S. The van der Waals surface area contributed by atoms with Gasteiger partial charge < -0.3 is 14.8 Å². The molecule has 2 rings (SSSR count). The lowest BCUT2D eigenvalue weighted by Crippen LogP contribution is -2.23. The Labute approximate surface area is 159 Å². The van der Waals surface area contributed by atoms with Crippen LogP contribution in [0.3, 0.4) is 0 Å². The molecule has 1 aromatic carbocycles. The van der Waals surface area contributed by atoms with Crippen LogP contribution in [-0.4, -0.2) is 24.6 Å². The molecule has 2 aromatic rings. The number of thiazole rings is 1. The zero-order valence-electron chi connectivity index (χ0n) is 16.2. The summed E-state index contributed by atoms with van der Waals surface area (Å²) in [6.45, 7) is 9.57. The number of carbonyl (C=O) groups excluding carboxylic acids is 1. The summed E-state index contributed by atoms with van der Waals surface area (Å²) in [5.74, 6) is 2.05. The number of aromatic nitrogens is 1. The maximum Gasteiger partial charge on any atom is 0.251 e. The molecule has 1 heterocycles. The predicted octanol–water partition coefficient (Wildman–Crippen LogP) is 4.63. The van der Waals surface area contributed by atoms with Gasteiger partial charge in [0, 0.05) is 16.9 Å². The van der Waals surface area contributed by atoms with Gasteiger partial charge in [-0.15, -0.1) is 11.3 Å². The summed E-state index contributed by atoms with van der Waals surface area (Å²) in [6, 6.07) is 5.25. The first-order valence-corrected chi connectivity index (χ1v) is 9.82. The molecule has 0 aliphatic carbocycles. The Hall–Kier alpha value is -2.08.